The molecule has 2 N–H and O–H groups in total. The molecule has 2 aliphatic rings. The molecule has 2 aromatic rings. The molecule has 1 aromatic carbocycles. The first-order chi connectivity index (χ1) is 16.6. The van der Waals surface area contributed by atoms with Crippen LogP contribution in [0.15, 0.2) is 36.5 Å². The predicted molar refractivity (Wildman–Crippen MR) is 130 cm³/mol. The maximum absolute atomic E-state index is 15.1. The van der Waals surface area contributed by atoms with E-state index >= 15 is 4.39 Å². The van der Waals surface area contributed by atoms with Crippen LogP contribution in [0.4, 0.5) is 28.9 Å². The summed E-state index contributed by atoms with van der Waals surface area (Å²) in [6.07, 6.45) is 4.24. The standard InChI is InChI=1S/C25H30F4N4OS/c1-35-24(11-9-17-5-2-3-6-17)16-32(23(34)25(27,28)29)15-20-21(26)7-4-8-22(20)33(24)14-19-13-18(30)10-12-31-19/h4,7-8,10,12-13,17H,2-3,5-6,9,11,14-16H2,1H3,(H2,30,31). The molecule has 10 heteroatoms. The summed E-state index contributed by atoms with van der Waals surface area (Å²) >= 11 is 1.41. The van der Waals surface area contributed by atoms with E-state index in [9.17, 15) is 18.0 Å². The monoisotopic (exact) mass is 510 g/mol. The summed E-state index contributed by atoms with van der Waals surface area (Å²) in [5, 5.41) is 0. The van der Waals surface area contributed by atoms with E-state index in [-0.39, 0.29) is 18.7 Å². The summed E-state index contributed by atoms with van der Waals surface area (Å²) in [5.74, 6) is -2.09. The molecule has 1 aliphatic heterocycles. The highest BCUT2D eigenvalue weighted by Crippen LogP contribution is 2.45. The van der Waals surface area contributed by atoms with E-state index in [1.807, 2.05) is 11.2 Å². The van der Waals surface area contributed by atoms with Crippen molar-refractivity contribution in [2.75, 3.05) is 23.4 Å². The number of alkyl halides is 3. The molecule has 0 spiro atoms. The number of hydrogen-bond acceptors (Lipinski definition) is 5. The van der Waals surface area contributed by atoms with Crippen LogP contribution >= 0.6 is 11.8 Å². The normalized spacial score (nSPS) is 21.2. The molecule has 1 amide bonds. The Labute approximate surface area is 207 Å². The number of nitrogens with zero attached hydrogens (tertiary/aromatic N) is 3. The maximum atomic E-state index is 15.1. The van der Waals surface area contributed by atoms with Gasteiger partial charge in [0.15, 0.2) is 0 Å². The molecular formula is C25H30F4N4OS. The predicted octanol–water partition coefficient (Wildman–Crippen LogP) is 5.74. The Morgan fingerprint density at radius 1 is 1.26 bits per heavy atom. The van der Waals surface area contributed by atoms with Gasteiger partial charge in [0.25, 0.3) is 0 Å². The van der Waals surface area contributed by atoms with E-state index in [4.69, 9.17) is 5.73 Å². The van der Waals surface area contributed by atoms with Crippen LogP contribution < -0.4 is 10.6 Å². The van der Waals surface area contributed by atoms with Crippen molar-refractivity contribution in [2.45, 2.75) is 62.7 Å². The van der Waals surface area contributed by atoms with Crippen LogP contribution in [0.5, 0.6) is 0 Å². The van der Waals surface area contributed by atoms with E-state index in [1.165, 1.54) is 17.8 Å². The highest BCUT2D eigenvalue weighted by molar-refractivity contribution is 8.00. The largest absolute Gasteiger partial charge is 0.471 e. The summed E-state index contributed by atoms with van der Waals surface area (Å²) in [5.41, 5.74) is 7.65. The molecule has 1 fully saturated rings. The number of carbonyl (C=O) groups excluding carboxylic acids is 1. The van der Waals surface area contributed by atoms with Crippen LogP contribution in [0, 0.1) is 11.7 Å². The number of nitrogen functional groups attached to an aromatic ring is 1. The lowest BCUT2D eigenvalue weighted by molar-refractivity contribution is -0.186. The number of carbonyl (C=O) groups is 1. The minimum atomic E-state index is -5.05. The number of rotatable bonds is 6. The third-order valence-electron chi connectivity index (χ3n) is 7.15. The zero-order chi connectivity index (χ0) is 25.2. The molecule has 0 saturated heterocycles. The van der Waals surface area contributed by atoms with Crippen molar-refractivity contribution in [3.8, 4) is 0 Å². The first-order valence-corrected chi connectivity index (χ1v) is 13.0. The van der Waals surface area contributed by atoms with Gasteiger partial charge in [0.2, 0.25) is 0 Å². The van der Waals surface area contributed by atoms with Gasteiger partial charge in [-0.3, -0.25) is 9.78 Å². The van der Waals surface area contributed by atoms with Crippen molar-refractivity contribution in [3.05, 3.63) is 53.6 Å². The second kappa shape index (κ2) is 10.2. The third kappa shape index (κ3) is 5.52. The smallest absolute Gasteiger partial charge is 0.399 e. The lowest BCUT2D eigenvalue weighted by atomic mass is 9.96. The maximum Gasteiger partial charge on any atom is 0.471 e. The highest BCUT2D eigenvalue weighted by Gasteiger charge is 2.49. The second-order valence-electron chi connectivity index (χ2n) is 9.40. The Bertz CT molecular complexity index is 1060. The number of hydrogen-bond donors (Lipinski definition) is 1. The summed E-state index contributed by atoms with van der Waals surface area (Å²) in [6, 6.07) is 7.86. The summed E-state index contributed by atoms with van der Waals surface area (Å²) < 4.78 is 55.8. The van der Waals surface area contributed by atoms with Crippen LogP contribution in [0.1, 0.15) is 49.8 Å². The Kier molecular flexibility index (Phi) is 7.49. The lowest BCUT2D eigenvalue weighted by Crippen LogP contribution is -2.54. The molecule has 2 heterocycles. The summed E-state index contributed by atoms with van der Waals surface area (Å²) in [4.78, 5) is 18.7. The fourth-order valence-corrected chi connectivity index (χ4v) is 6.31. The highest BCUT2D eigenvalue weighted by atomic mass is 32.2. The Morgan fingerprint density at radius 3 is 2.66 bits per heavy atom. The van der Waals surface area contributed by atoms with Gasteiger partial charge in [0, 0.05) is 23.1 Å². The van der Waals surface area contributed by atoms with E-state index < -0.39 is 29.3 Å². The molecule has 4 rings (SSSR count). The fraction of sp³-hybridized carbons (Fsp3) is 0.520. The number of halogens is 4. The fourth-order valence-electron chi connectivity index (χ4n) is 5.32. The van der Waals surface area contributed by atoms with Gasteiger partial charge in [-0.05, 0) is 49.3 Å². The zero-order valence-electron chi connectivity index (χ0n) is 19.7. The van der Waals surface area contributed by atoms with Gasteiger partial charge in [-0.1, -0.05) is 31.7 Å². The summed E-state index contributed by atoms with van der Waals surface area (Å²) in [6.45, 7) is -0.413. The molecule has 190 valence electrons. The minimum absolute atomic E-state index is 0.0748. The zero-order valence-corrected chi connectivity index (χ0v) is 20.5. The van der Waals surface area contributed by atoms with Crippen molar-refractivity contribution >= 4 is 29.0 Å². The van der Waals surface area contributed by atoms with Crippen LogP contribution in [-0.4, -0.2) is 39.6 Å². The lowest BCUT2D eigenvalue weighted by Gasteiger charge is -2.45. The number of pyridine rings is 1. The molecule has 5 nitrogen and oxygen atoms in total. The van der Waals surface area contributed by atoms with Crippen molar-refractivity contribution in [1.82, 2.24) is 9.88 Å². The molecule has 1 aliphatic carbocycles. The van der Waals surface area contributed by atoms with E-state index in [1.54, 1.807) is 30.5 Å². The van der Waals surface area contributed by atoms with Crippen LogP contribution in [0.25, 0.3) is 0 Å². The molecule has 1 atom stereocenters. The molecule has 35 heavy (non-hydrogen) atoms. The second-order valence-corrected chi connectivity index (χ2v) is 10.6. The molecule has 1 aromatic heterocycles. The Morgan fingerprint density at radius 2 is 2.00 bits per heavy atom. The van der Waals surface area contributed by atoms with E-state index in [0.717, 1.165) is 37.0 Å². The van der Waals surface area contributed by atoms with E-state index in [0.29, 0.717) is 29.4 Å². The van der Waals surface area contributed by atoms with E-state index in [2.05, 4.69) is 4.98 Å². The molecule has 1 unspecified atom stereocenters. The number of anilines is 2. The van der Waals surface area contributed by atoms with Gasteiger partial charge in [-0.2, -0.15) is 13.2 Å². The molecule has 0 radical (unpaired) electrons. The Balaban J connectivity index is 1.82. The van der Waals surface area contributed by atoms with Gasteiger partial charge in [-0.15, -0.1) is 11.8 Å². The number of fused-ring (bicyclic) bond motifs is 1. The average Bonchev–Trinajstić information content (AvgIpc) is 3.29. The van der Waals surface area contributed by atoms with Gasteiger partial charge in [-0.25, -0.2) is 4.39 Å². The quantitative estimate of drug-likeness (QED) is 0.502. The third-order valence-corrected chi connectivity index (χ3v) is 8.47. The number of nitrogens with two attached hydrogens (primary N) is 1. The molecule has 0 bridgehead atoms. The Hall–Kier alpha value is -2.49. The van der Waals surface area contributed by atoms with Gasteiger partial charge in [0.05, 0.1) is 25.3 Å². The van der Waals surface area contributed by atoms with Gasteiger partial charge < -0.3 is 15.5 Å². The number of benzene rings is 1. The molecule has 1 saturated carbocycles. The van der Waals surface area contributed by atoms with Crippen LogP contribution in [0.3, 0.4) is 0 Å². The van der Waals surface area contributed by atoms with Gasteiger partial charge >= 0.3 is 12.1 Å². The summed E-state index contributed by atoms with van der Waals surface area (Å²) in [7, 11) is 0. The van der Waals surface area contributed by atoms with Crippen LogP contribution in [0.2, 0.25) is 0 Å². The first kappa shape index (κ1) is 25.6. The topological polar surface area (TPSA) is 62.5 Å². The molecular weight excluding hydrogens is 480 g/mol. The van der Waals surface area contributed by atoms with Crippen molar-refractivity contribution in [3.63, 3.8) is 0 Å². The van der Waals surface area contributed by atoms with Crippen LogP contribution in [-0.2, 0) is 17.9 Å². The van der Waals surface area contributed by atoms with Crippen molar-refractivity contribution in [1.29, 1.82) is 0 Å². The van der Waals surface area contributed by atoms with Crippen molar-refractivity contribution < 1.29 is 22.4 Å². The number of thioether (sulfide) groups is 1. The first-order valence-electron chi connectivity index (χ1n) is 11.8. The van der Waals surface area contributed by atoms with Crippen molar-refractivity contribution in [2.24, 2.45) is 5.92 Å². The average molecular weight is 511 g/mol. The number of aromatic nitrogens is 1. The SMILES string of the molecule is CSC1(CCC2CCCC2)CN(C(=O)C(F)(F)F)Cc2c(F)cccc2N1Cc1cc(N)ccn1. The van der Waals surface area contributed by atoms with Gasteiger partial charge in [0.1, 0.15) is 10.7 Å². The number of amides is 1. The minimum Gasteiger partial charge on any atom is -0.399 e.